The Labute approximate surface area is 182 Å². The Balaban J connectivity index is 1.74. The van der Waals surface area contributed by atoms with Gasteiger partial charge in [0.15, 0.2) is 0 Å². The van der Waals surface area contributed by atoms with Crippen LogP contribution in [-0.2, 0) is 16.6 Å². The van der Waals surface area contributed by atoms with Crippen LogP contribution in [0.2, 0.25) is 0 Å². The minimum Gasteiger partial charge on any atom is -0.497 e. The molecule has 0 aliphatic carbocycles. The van der Waals surface area contributed by atoms with E-state index in [0.717, 1.165) is 11.3 Å². The van der Waals surface area contributed by atoms with Gasteiger partial charge in [0.2, 0.25) is 0 Å². The number of benzene rings is 3. The maximum atomic E-state index is 13.1. The molecule has 0 saturated carbocycles. The molecular formula is C23H24N2O5S. The van der Waals surface area contributed by atoms with Crippen molar-refractivity contribution >= 4 is 21.6 Å². The molecule has 31 heavy (non-hydrogen) atoms. The molecule has 0 saturated heterocycles. The van der Waals surface area contributed by atoms with Crippen molar-refractivity contribution in [2.45, 2.75) is 11.4 Å². The highest BCUT2D eigenvalue weighted by Crippen LogP contribution is 2.24. The van der Waals surface area contributed by atoms with Crippen LogP contribution in [0.5, 0.6) is 11.5 Å². The molecule has 162 valence electrons. The molecule has 0 aliphatic rings. The van der Waals surface area contributed by atoms with Crippen LogP contribution < -0.4 is 19.1 Å². The van der Waals surface area contributed by atoms with Crippen LogP contribution in [0.25, 0.3) is 0 Å². The van der Waals surface area contributed by atoms with E-state index in [4.69, 9.17) is 9.47 Å². The van der Waals surface area contributed by atoms with Crippen molar-refractivity contribution in [3.63, 3.8) is 0 Å². The molecule has 3 rings (SSSR count). The minimum atomic E-state index is -3.84. The van der Waals surface area contributed by atoms with Gasteiger partial charge in [-0.15, -0.1) is 0 Å². The number of carbonyl (C=O) groups excluding carboxylic acids is 1. The van der Waals surface area contributed by atoms with Crippen molar-refractivity contribution in [1.29, 1.82) is 0 Å². The van der Waals surface area contributed by atoms with Gasteiger partial charge in [-0.05, 0) is 60.2 Å². The molecule has 3 aromatic rings. The lowest BCUT2D eigenvalue weighted by atomic mass is 10.2. The topological polar surface area (TPSA) is 84.9 Å². The fourth-order valence-corrected chi connectivity index (χ4v) is 4.16. The summed E-state index contributed by atoms with van der Waals surface area (Å²) in [6, 6.07) is 20.0. The molecule has 0 unspecified atom stereocenters. The average molecular weight is 441 g/mol. The van der Waals surface area contributed by atoms with Crippen LogP contribution in [-0.4, -0.2) is 35.6 Å². The van der Waals surface area contributed by atoms with Gasteiger partial charge in [0.1, 0.15) is 11.5 Å². The zero-order valence-electron chi connectivity index (χ0n) is 17.5. The van der Waals surface area contributed by atoms with E-state index in [2.05, 4.69) is 5.32 Å². The second kappa shape index (κ2) is 9.53. The highest BCUT2D eigenvalue weighted by molar-refractivity contribution is 7.92. The molecule has 0 aromatic heterocycles. The van der Waals surface area contributed by atoms with E-state index in [1.807, 2.05) is 24.3 Å². The van der Waals surface area contributed by atoms with E-state index in [0.29, 0.717) is 18.0 Å². The number of hydrogen-bond acceptors (Lipinski definition) is 5. The fourth-order valence-electron chi connectivity index (χ4n) is 2.91. The normalized spacial score (nSPS) is 10.9. The zero-order chi connectivity index (χ0) is 22.4. The largest absolute Gasteiger partial charge is 0.497 e. The molecule has 0 radical (unpaired) electrons. The summed E-state index contributed by atoms with van der Waals surface area (Å²) in [5.74, 6) is 0.999. The summed E-state index contributed by atoms with van der Waals surface area (Å²) in [5.41, 5.74) is 1.64. The Morgan fingerprint density at radius 2 is 1.48 bits per heavy atom. The quantitative estimate of drug-likeness (QED) is 0.580. The lowest BCUT2D eigenvalue weighted by Crippen LogP contribution is -2.27. The Kier molecular flexibility index (Phi) is 6.81. The van der Waals surface area contributed by atoms with E-state index >= 15 is 0 Å². The predicted octanol–water partition coefficient (Wildman–Crippen LogP) is 3.46. The second-order valence-corrected chi connectivity index (χ2v) is 8.70. The van der Waals surface area contributed by atoms with Gasteiger partial charge < -0.3 is 14.8 Å². The van der Waals surface area contributed by atoms with Crippen molar-refractivity contribution < 1.29 is 22.7 Å². The molecule has 1 N–H and O–H groups in total. The summed E-state index contributed by atoms with van der Waals surface area (Å²) in [7, 11) is 0.752. The third-order valence-electron chi connectivity index (χ3n) is 4.80. The van der Waals surface area contributed by atoms with Gasteiger partial charge in [0.05, 0.1) is 24.8 Å². The fraction of sp³-hybridized carbons (Fsp3) is 0.174. The van der Waals surface area contributed by atoms with Gasteiger partial charge in [-0.25, -0.2) is 8.42 Å². The maximum absolute atomic E-state index is 13.1. The first kappa shape index (κ1) is 22.2. The summed E-state index contributed by atoms with van der Waals surface area (Å²) in [4.78, 5) is 12.6. The molecule has 0 aliphatic heterocycles. The van der Waals surface area contributed by atoms with Gasteiger partial charge >= 0.3 is 0 Å². The Morgan fingerprint density at radius 3 is 2.06 bits per heavy atom. The predicted molar refractivity (Wildman–Crippen MR) is 119 cm³/mol. The first-order chi connectivity index (χ1) is 14.8. The first-order valence-corrected chi connectivity index (χ1v) is 10.9. The van der Waals surface area contributed by atoms with E-state index in [1.54, 1.807) is 50.6 Å². The number of methoxy groups -OCH3 is 2. The zero-order valence-corrected chi connectivity index (χ0v) is 18.3. The number of nitrogens with one attached hydrogen (secondary N) is 1. The number of rotatable bonds is 8. The standard InChI is InChI=1S/C23H24N2O5S/c1-25(19-9-13-21(30-3)14-10-19)31(27,28)22-6-4-5-18(15-22)23(26)24-16-17-7-11-20(29-2)12-8-17/h4-15H,16H2,1-3H3,(H,24,26). The van der Waals surface area contributed by atoms with Crippen molar-refractivity contribution in [3.05, 3.63) is 83.9 Å². The van der Waals surface area contributed by atoms with Crippen molar-refractivity contribution in [2.75, 3.05) is 25.6 Å². The summed E-state index contributed by atoms with van der Waals surface area (Å²) >= 11 is 0. The molecule has 0 atom stereocenters. The van der Waals surface area contributed by atoms with Gasteiger partial charge in [-0.2, -0.15) is 0 Å². The third-order valence-corrected chi connectivity index (χ3v) is 6.58. The number of sulfonamides is 1. The highest BCUT2D eigenvalue weighted by atomic mass is 32.2. The lowest BCUT2D eigenvalue weighted by molar-refractivity contribution is 0.0950. The Hall–Kier alpha value is -3.52. The smallest absolute Gasteiger partial charge is 0.264 e. The first-order valence-electron chi connectivity index (χ1n) is 9.49. The SMILES string of the molecule is COc1ccc(CNC(=O)c2cccc(S(=O)(=O)N(C)c3ccc(OC)cc3)c2)cc1. The summed E-state index contributed by atoms with van der Waals surface area (Å²) in [5, 5.41) is 2.80. The van der Waals surface area contributed by atoms with Gasteiger partial charge in [0.25, 0.3) is 15.9 Å². The van der Waals surface area contributed by atoms with Crippen LogP contribution in [0.15, 0.2) is 77.7 Å². The highest BCUT2D eigenvalue weighted by Gasteiger charge is 2.22. The van der Waals surface area contributed by atoms with E-state index in [1.165, 1.54) is 23.5 Å². The molecule has 8 heteroatoms. The van der Waals surface area contributed by atoms with Crippen molar-refractivity contribution in [2.24, 2.45) is 0 Å². The number of hydrogen-bond donors (Lipinski definition) is 1. The van der Waals surface area contributed by atoms with E-state index in [9.17, 15) is 13.2 Å². The van der Waals surface area contributed by atoms with Crippen LogP contribution in [0, 0.1) is 0 Å². The van der Waals surface area contributed by atoms with Gasteiger partial charge in [0, 0.05) is 19.2 Å². The van der Waals surface area contributed by atoms with Gasteiger partial charge in [-0.3, -0.25) is 9.10 Å². The van der Waals surface area contributed by atoms with Crippen LogP contribution in [0.4, 0.5) is 5.69 Å². The van der Waals surface area contributed by atoms with E-state index < -0.39 is 10.0 Å². The Morgan fingerprint density at radius 1 is 0.903 bits per heavy atom. The minimum absolute atomic E-state index is 0.0305. The number of amides is 1. The monoisotopic (exact) mass is 440 g/mol. The van der Waals surface area contributed by atoms with Gasteiger partial charge in [-0.1, -0.05) is 18.2 Å². The molecule has 0 fully saturated rings. The number of ether oxygens (including phenoxy) is 2. The molecule has 3 aromatic carbocycles. The molecule has 0 heterocycles. The number of anilines is 1. The van der Waals surface area contributed by atoms with Crippen LogP contribution in [0.1, 0.15) is 15.9 Å². The summed E-state index contributed by atoms with van der Waals surface area (Å²) < 4.78 is 37.5. The van der Waals surface area contributed by atoms with Crippen LogP contribution in [0.3, 0.4) is 0 Å². The average Bonchev–Trinajstić information content (AvgIpc) is 2.82. The summed E-state index contributed by atoms with van der Waals surface area (Å²) in [6.07, 6.45) is 0. The van der Waals surface area contributed by atoms with Crippen LogP contribution >= 0.6 is 0 Å². The lowest BCUT2D eigenvalue weighted by Gasteiger charge is -2.20. The molecule has 0 bridgehead atoms. The molecular weight excluding hydrogens is 416 g/mol. The Bertz CT molecular complexity index is 1140. The third kappa shape index (κ3) is 5.16. The number of nitrogens with zero attached hydrogens (tertiary/aromatic N) is 1. The summed E-state index contributed by atoms with van der Waals surface area (Å²) in [6.45, 7) is 0.311. The second-order valence-electron chi connectivity index (χ2n) is 6.73. The molecule has 7 nitrogen and oxygen atoms in total. The maximum Gasteiger partial charge on any atom is 0.264 e. The van der Waals surface area contributed by atoms with Crippen molar-refractivity contribution in [1.82, 2.24) is 5.32 Å². The van der Waals surface area contributed by atoms with E-state index in [-0.39, 0.29) is 16.4 Å². The van der Waals surface area contributed by atoms with Crippen molar-refractivity contribution in [3.8, 4) is 11.5 Å². The molecule has 1 amide bonds. The molecule has 0 spiro atoms. The number of carbonyl (C=O) groups is 1.